The zero-order chi connectivity index (χ0) is 13.2. The maximum Gasteiger partial charge on any atom is 0.243 e. The molecule has 1 aromatic heterocycles. The van der Waals surface area contributed by atoms with Gasteiger partial charge in [0, 0.05) is 13.0 Å². The third-order valence-corrected chi connectivity index (χ3v) is 3.17. The van der Waals surface area contributed by atoms with Crippen LogP contribution in [0.1, 0.15) is 29.7 Å². The van der Waals surface area contributed by atoms with E-state index >= 15 is 0 Å². The van der Waals surface area contributed by atoms with Crippen molar-refractivity contribution in [1.29, 1.82) is 0 Å². The minimum atomic E-state index is -0.363. The number of β-amino-alcohol motifs (C(OH)–C–C–N with tert-alkyl or cyclic N) is 1. The SMILES string of the molecule is O[C@@H]1CN[C@@H](c2nc(Cc3ccc(F)cc3)no2)C1. The Hall–Kier alpha value is -1.79. The summed E-state index contributed by atoms with van der Waals surface area (Å²) in [5, 5.41) is 16.5. The molecule has 0 radical (unpaired) electrons. The lowest BCUT2D eigenvalue weighted by atomic mass is 10.1. The van der Waals surface area contributed by atoms with Gasteiger partial charge in [0.15, 0.2) is 5.82 Å². The summed E-state index contributed by atoms with van der Waals surface area (Å²) in [6, 6.07) is 6.13. The molecule has 6 heteroatoms. The van der Waals surface area contributed by atoms with Gasteiger partial charge in [-0.05, 0) is 24.1 Å². The molecular weight excluding hydrogens is 249 g/mol. The van der Waals surface area contributed by atoms with Crippen LogP contribution in [0.3, 0.4) is 0 Å². The van der Waals surface area contributed by atoms with Gasteiger partial charge in [0.1, 0.15) is 5.82 Å². The van der Waals surface area contributed by atoms with Crippen LogP contribution in [0.2, 0.25) is 0 Å². The lowest BCUT2D eigenvalue weighted by molar-refractivity contribution is 0.191. The minimum absolute atomic E-state index is 0.0792. The van der Waals surface area contributed by atoms with Gasteiger partial charge >= 0.3 is 0 Å². The average molecular weight is 263 g/mol. The van der Waals surface area contributed by atoms with Crippen molar-refractivity contribution < 1.29 is 14.0 Å². The summed E-state index contributed by atoms with van der Waals surface area (Å²) >= 11 is 0. The van der Waals surface area contributed by atoms with E-state index in [0.29, 0.717) is 31.1 Å². The maximum absolute atomic E-state index is 12.8. The third-order valence-electron chi connectivity index (χ3n) is 3.17. The molecule has 2 heterocycles. The Morgan fingerprint density at radius 3 is 2.84 bits per heavy atom. The molecule has 2 N–H and O–H groups in total. The minimum Gasteiger partial charge on any atom is -0.392 e. The first kappa shape index (κ1) is 12.3. The van der Waals surface area contributed by atoms with E-state index < -0.39 is 0 Å². The van der Waals surface area contributed by atoms with E-state index in [1.54, 1.807) is 12.1 Å². The van der Waals surface area contributed by atoms with E-state index in [4.69, 9.17) is 4.52 Å². The van der Waals surface area contributed by atoms with Gasteiger partial charge in [0.25, 0.3) is 0 Å². The molecule has 3 rings (SSSR count). The number of hydrogen-bond acceptors (Lipinski definition) is 5. The molecule has 19 heavy (non-hydrogen) atoms. The van der Waals surface area contributed by atoms with Gasteiger partial charge in [0.05, 0.1) is 12.1 Å². The number of benzene rings is 1. The zero-order valence-electron chi connectivity index (χ0n) is 10.2. The molecule has 1 aliphatic heterocycles. The molecule has 0 bridgehead atoms. The zero-order valence-corrected chi connectivity index (χ0v) is 10.2. The number of nitrogens with zero attached hydrogens (tertiary/aromatic N) is 2. The summed E-state index contributed by atoms with van der Waals surface area (Å²) in [6.45, 7) is 0.542. The number of aromatic nitrogens is 2. The first-order chi connectivity index (χ1) is 9.20. The van der Waals surface area contributed by atoms with Crippen LogP contribution in [0.25, 0.3) is 0 Å². The van der Waals surface area contributed by atoms with Crippen molar-refractivity contribution in [3.8, 4) is 0 Å². The van der Waals surface area contributed by atoms with Crippen molar-refractivity contribution in [2.24, 2.45) is 0 Å². The van der Waals surface area contributed by atoms with Crippen molar-refractivity contribution in [1.82, 2.24) is 15.5 Å². The van der Waals surface area contributed by atoms with Crippen molar-refractivity contribution >= 4 is 0 Å². The molecule has 1 fully saturated rings. The summed E-state index contributed by atoms with van der Waals surface area (Å²) in [7, 11) is 0. The van der Waals surface area contributed by atoms with E-state index in [1.165, 1.54) is 12.1 Å². The Morgan fingerprint density at radius 2 is 2.16 bits per heavy atom. The van der Waals surface area contributed by atoms with Crippen LogP contribution in [0.15, 0.2) is 28.8 Å². The van der Waals surface area contributed by atoms with Gasteiger partial charge in [-0.15, -0.1) is 0 Å². The van der Waals surface area contributed by atoms with Crippen LogP contribution in [0, 0.1) is 5.82 Å². The van der Waals surface area contributed by atoms with Crippen molar-refractivity contribution in [3.05, 3.63) is 47.4 Å². The summed E-state index contributed by atoms with van der Waals surface area (Å²) in [5.74, 6) is 0.792. The molecule has 1 aromatic carbocycles. The highest BCUT2D eigenvalue weighted by molar-refractivity contribution is 5.19. The summed E-state index contributed by atoms with van der Waals surface area (Å²) in [6.07, 6.45) is 0.717. The van der Waals surface area contributed by atoms with Crippen molar-refractivity contribution in [2.45, 2.75) is 25.0 Å². The smallest absolute Gasteiger partial charge is 0.243 e. The molecule has 1 aliphatic rings. The molecule has 2 atom stereocenters. The standard InChI is InChI=1S/C13H14FN3O2/c14-9-3-1-8(2-4-9)5-12-16-13(19-17-12)11-6-10(18)7-15-11/h1-4,10-11,15,18H,5-7H2/t10-,11+/m0/s1. The molecule has 0 amide bonds. The lowest BCUT2D eigenvalue weighted by Gasteiger charge is -2.01. The largest absolute Gasteiger partial charge is 0.392 e. The van der Waals surface area contributed by atoms with Crippen molar-refractivity contribution in [2.75, 3.05) is 6.54 Å². The van der Waals surface area contributed by atoms with Crippen LogP contribution in [0.5, 0.6) is 0 Å². The summed E-state index contributed by atoms with van der Waals surface area (Å²) in [5.41, 5.74) is 0.924. The van der Waals surface area contributed by atoms with Crippen LogP contribution in [0.4, 0.5) is 4.39 Å². The van der Waals surface area contributed by atoms with Gasteiger partial charge < -0.3 is 14.9 Å². The number of aliphatic hydroxyl groups excluding tert-OH is 1. The predicted octanol–water partition coefficient (Wildman–Crippen LogP) is 1.19. The number of aliphatic hydroxyl groups is 1. The van der Waals surface area contributed by atoms with E-state index in [9.17, 15) is 9.50 Å². The van der Waals surface area contributed by atoms with Crippen LogP contribution >= 0.6 is 0 Å². The molecule has 0 spiro atoms. The number of rotatable bonds is 3. The number of nitrogens with one attached hydrogen (secondary N) is 1. The van der Waals surface area contributed by atoms with Gasteiger partial charge in [-0.1, -0.05) is 17.3 Å². The Morgan fingerprint density at radius 1 is 1.37 bits per heavy atom. The monoisotopic (exact) mass is 263 g/mol. The van der Waals surface area contributed by atoms with Crippen LogP contribution < -0.4 is 5.32 Å². The first-order valence-electron chi connectivity index (χ1n) is 6.19. The second-order valence-corrected chi connectivity index (χ2v) is 4.70. The fourth-order valence-electron chi connectivity index (χ4n) is 2.17. The van der Waals surface area contributed by atoms with Crippen LogP contribution in [-0.2, 0) is 6.42 Å². The average Bonchev–Trinajstić information content (AvgIpc) is 3.01. The van der Waals surface area contributed by atoms with Gasteiger partial charge in [-0.2, -0.15) is 4.98 Å². The molecule has 2 aromatic rings. The third kappa shape index (κ3) is 2.80. The molecule has 0 unspecified atom stereocenters. The second kappa shape index (κ2) is 5.07. The summed E-state index contributed by atoms with van der Waals surface area (Å²) < 4.78 is 18.0. The van der Waals surface area contributed by atoms with Gasteiger partial charge in [0.2, 0.25) is 5.89 Å². The Labute approximate surface area is 109 Å². The topological polar surface area (TPSA) is 71.2 Å². The van der Waals surface area contributed by atoms with Crippen LogP contribution in [-0.4, -0.2) is 27.9 Å². The van der Waals surface area contributed by atoms with Gasteiger partial charge in [-0.25, -0.2) is 4.39 Å². The Balaban J connectivity index is 1.69. The highest BCUT2D eigenvalue weighted by atomic mass is 19.1. The van der Waals surface area contributed by atoms with E-state index in [0.717, 1.165) is 5.56 Å². The molecule has 100 valence electrons. The molecule has 0 aliphatic carbocycles. The van der Waals surface area contributed by atoms with Crippen molar-refractivity contribution in [3.63, 3.8) is 0 Å². The molecule has 0 saturated carbocycles. The Bertz CT molecular complexity index is 555. The molecule has 5 nitrogen and oxygen atoms in total. The highest BCUT2D eigenvalue weighted by Gasteiger charge is 2.27. The molecular formula is C13H14FN3O2. The number of halogens is 1. The summed E-state index contributed by atoms with van der Waals surface area (Å²) in [4.78, 5) is 4.30. The quantitative estimate of drug-likeness (QED) is 0.870. The van der Waals surface area contributed by atoms with E-state index in [1.807, 2.05) is 0 Å². The first-order valence-corrected chi connectivity index (χ1v) is 6.19. The second-order valence-electron chi connectivity index (χ2n) is 4.70. The molecule has 1 saturated heterocycles. The lowest BCUT2D eigenvalue weighted by Crippen LogP contribution is -2.15. The fraction of sp³-hybridized carbons (Fsp3) is 0.385. The van der Waals surface area contributed by atoms with E-state index in [-0.39, 0.29) is 18.0 Å². The van der Waals surface area contributed by atoms with E-state index in [2.05, 4.69) is 15.5 Å². The maximum atomic E-state index is 12.8. The van der Waals surface area contributed by atoms with Gasteiger partial charge in [-0.3, -0.25) is 0 Å². The predicted molar refractivity (Wildman–Crippen MR) is 64.9 cm³/mol. The fourth-order valence-corrected chi connectivity index (χ4v) is 2.17. The highest BCUT2D eigenvalue weighted by Crippen LogP contribution is 2.22. The normalized spacial score (nSPS) is 22.8. The Kier molecular flexibility index (Phi) is 3.27. The number of hydrogen-bond donors (Lipinski definition) is 2.